The van der Waals surface area contributed by atoms with Gasteiger partial charge in [0.1, 0.15) is 0 Å². The molecule has 102 valence electrons. The number of rotatable bonds is 6. The Hall–Kier alpha value is -0.120. The SMILES string of the molecule is CCNC(C)(CO)CN(C)C1CCC(C)CC1. The van der Waals surface area contributed by atoms with Crippen molar-refractivity contribution >= 4 is 0 Å². The number of likely N-dealkylation sites (N-methyl/N-ethyl adjacent to an activating group) is 2. The van der Waals surface area contributed by atoms with Crippen molar-refractivity contribution in [3.8, 4) is 0 Å². The largest absolute Gasteiger partial charge is 0.394 e. The van der Waals surface area contributed by atoms with Gasteiger partial charge in [-0.15, -0.1) is 0 Å². The Balaban J connectivity index is 2.44. The summed E-state index contributed by atoms with van der Waals surface area (Å²) in [6.45, 7) is 8.60. The molecule has 1 aliphatic carbocycles. The number of hydrogen-bond acceptors (Lipinski definition) is 3. The predicted molar refractivity (Wildman–Crippen MR) is 73.2 cm³/mol. The highest BCUT2D eigenvalue weighted by Gasteiger charge is 2.28. The van der Waals surface area contributed by atoms with E-state index in [4.69, 9.17) is 0 Å². The maximum Gasteiger partial charge on any atom is 0.0623 e. The number of nitrogens with zero attached hydrogens (tertiary/aromatic N) is 1. The maximum atomic E-state index is 9.52. The topological polar surface area (TPSA) is 35.5 Å². The van der Waals surface area contributed by atoms with E-state index in [0.29, 0.717) is 6.04 Å². The molecule has 1 rings (SSSR count). The van der Waals surface area contributed by atoms with Gasteiger partial charge in [-0.2, -0.15) is 0 Å². The van der Waals surface area contributed by atoms with E-state index < -0.39 is 0 Å². The first kappa shape index (κ1) is 14.9. The van der Waals surface area contributed by atoms with Gasteiger partial charge >= 0.3 is 0 Å². The molecule has 0 amide bonds. The zero-order valence-corrected chi connectivity index (χ0v) is 12.0. The van der Waals surface area contributed by atoms with Crippen LogP contribution in [0.5, 0.6) is 0 Å². The molecule has 1 unspecified atom stereocenters. The van der Waals surface area contributed by atoms with Gasteiger partial charge in [-0.25, -0.2) is 0 Å². The number of aliphatic hydroxyl groups is 1. The van der Waals surface area contributed by atoms with E-state index in [1.807, 2.05) is 0 Å². The summed E-state index contributed by atoms with van der Waals surface area (Å²) < 4.78 is 0. The fourth-order valence-corrected chi connectivity index (χ4v) is 2.95. The van der Waals surface area contributed by atoms with Crippen LogP contribution in [-0.2, 0) is 0 Å². The number of aliphatic hydroxyl groups excluding tert-OH is 1. The minimum absolute atomic E-state index is 0.160. The lowest BCUT2D eigenvalue weighted by molar-refractivity contribution is 0.0935. The molecule has 0 aliphatic heterocycles. The van der Waals surface area contributed by atoms with Gasteiger partial charge in [0.2, 0.25) is 0 Å². The first-order valence-corrected chi connectivity index (χ1v) is 7.07. The van der Waals surface area contributed by atoms with Crippen LogP contribution in [0.25, 0.3) is 0 Å². The minimum atomic E-state index is -0.160. The summed E-state index contributed by atoms with van der Waals surface area (Å²) in [5.74, 6) is 0.901. The molecule has 0 spiro atoms. The lowest BCUT2D eigenvalue weighted by Crippen LogP contribution is -2.55. The van der Waals surface area contributed by atoms with Crippen LogP contribution in [0.1, 0.15) is 46.5 Å². The summed E-state index contributed by atoms with van der Waals surface area (Å²) in [7, 11) is 2.20. The number of hydrogen-bond donors (Lipinski definition) is 2. The quantitative estimate of drug-likeness (QED) is 0.746. The average Bonchev–Trinajstić information content (AvgIpc) is 2.30. The second kappa shape index (κ2) is 6.72. The van der Waals surface area contributed by atoms with Gasteiger partial charge in [0.05, 0.1) is 12.1 Å². The van der Waals surface area contributed by atoms with Crippen LogP contribution in [0.4, 0.5) is 0 Å². The van der Waals surface area contributed by atoms with E-state index in [1.54, 1.807) is 0 Å². The molecule has 3 nitrogen and oxygen atoms in total. The first-order chi connectivity index (χ1) is 8.00. The molecule has 0 saturated heterocycles. The highest BCUT2D eigenvalue weighted by molar-refractivity contribution is 4.88. The summed E-state index contributed by atoms with van der Waals surface area (Å²) in [4.78, 5) is 2.44. The molecule has 0 heterocycles. The normalized spacial score (nSPS) is 29.3. The summed E-state index contributed by atoms with van der Waals surface area (Å²) in [6.07, 6.45) is 5.33. The fourth-order valence-electron chi connectivity index (χ4n) is 2.95. The molecule has 17 heavy (non-hydrogen) atoms. The molecule has 2 N–H and O–H groups in total. The molecular weight excluding hydrogens is 212 g/mol. The second-order valence-corrected chi connectivity index (χ2v) is 6.08. The van der Waals surface area contributed by atoms with Crippen molar-refractivity contribution in [2.75, 3.05) is 26.7 Å². The Kier molecular flexibility index (Phi) is 5.90. The van der Waals surface area contributed by atoms with Crippen LogP contribution >= 0.6 is 0 Å². The molecule has 1 fully saturated rings. The molecular formula is C14H30N2O. The third kappa shape index (κ3) is 4.57. The van der Waals surface area contributed by atoms with Crippen molar-refractivity contribution in [1.82, 2.24) is 10.2 Å². The highest BCUT2D eigenvalue weighted by Crippen LogP contribution is 2.27. The van der Waals surface area contributed by atoms with Crippen molar-refractivity contribution in [2.24, 2.45) is 5.92 Å². The summed E-state index contributed by atoms with van der Waals surface area (Å²) >= 11 is 0. The van der Waals surface area contributed by atoms with Crippen LogP contribution in [0.15, 0.2) is 0 Å². The van der Waals surface area contributed by atoms with E-state index in [9.17, 15) is 5.11 Å². The van der Waals surface area contributed by atoms with Crippen molar-refractivity contribution in [1.29, 1.82) is 0 Å². The molecule has 0 aromatic heterocycles. The standard InChI is InChI=1S/C14H30N2O/c1-5-15-14(3,11-17)10-16(4)13-8-6-12(2)7-9-13/h12-13,15,17H,5-11H2,1-4H3. The Bertz CT molecular complexity index is 214. The molecule has 1 atom stereocenters. The van der Waals surface area contributed by atoms with Crippen LogP contribution in [0, 0.1) is 5.92 Å². The van der Waals surface area contributed by atoms with Gasteiger partial charge in [-0.1, -0.05) is 13.8 Å². The van der Waals surface area contributed by atoms with Crippen LogP contribution in [0.3, 0.4) is 0 Å². The van der Waals surface area contributed by atoms with E-state index in [-0.39, 0.29) is 12.1 Å². The summed E-state index contributed by atoms with van der Waals surface area (Å²) in [5, 5.41) is 12.9. The van der Waals surface area contributed by atoms with Crippen molar-refractivity contribution < 1.29 is 5.11 Å². The third-order valence-electron chi connectivity index (χ3n) is 4.16. The average molecular weight is 242 g/mol. The molecule has 0 radical (unpaired) electrons. The maximum absolute atomic E-state index is 9.52. The van der Waals surface area contributed by atoms with Crippen molar-refractivity contribution in [2.45, 2.75) is 58.0 Å². The first-order valence-electron chi connectivity index (χ1n) is 7.07. The summed E-state index contributed by atoms with van der Waals surface area (Å²) in [5.41, 5.74) is -0.160. The van der Waals surface area contributed by atoms with Crippen LogP contribution in [0.2, 0.25) is 0 Å². The molecule has 1 saturated carbocycles. The lowest BCUT2D eigenvalue weighted by atomic mass is 9.86. The minimum Gasteiger partial charge on any atom is -0.394 e. The van der Waals surface area contributed by atoms with E-state index >= 15 is 0 Å². The molecule has 1 aliphatic rings. The molecule has 0 aromatic rings. The van der Waals surface area contributed by atoms with Gasteiger partial charge in [-0.3, -0.25) is 0 Å². The van der Waals surface area contributed by atoms with Crippen molar-refractivity contribution in [3.05, 3.63) is 0 Å². The van der Waals surface area contributed by atoms with E-state index in [0.717, 1.165) is 19.0 Å². The van der Waals surface area contributed by atoms with Gasteiger partial charge in [0.15, 0.2) is 0 Å². The Morgan fingerprint density at radius 3 is 2.35 bits per heavy atom. The van der Waals surface area contributed by atoms with Crippen LogP contribution in [-0.4, -0.2) is 48.3 Å². The van der Waals surface area contributed by atoms with Gasteiger partial charge in [0.25, 0.3) is 0 Å². The van der Waals surface area contributed by atoms with Gasteiger partial charge < -0.3 is 15.3 Å². The third-order valence-corrected chi connectivity index (χ3v) is 4.16. The Morgan fingerprint density at radius 1 is 1.29 bits per heavy atom. The van der Waals surface area contributed by atoms with E-state index in [2.05, 4.69) is 38.0 Å². The van der Waals surface area contributed by atoms with Gasteiger partial charge in [0, 0.05) is 12.6 Å². The molecule has 0 bridgehead atoms. The highest BCUT2D eigenvalue weighted by atomic mass is 16.3. The fraction of sp³-hybridized carbons (Fsp3) is 1.00. The summed E-state index contributed by atoms with van der Waals surface area (Å²) in [6, 6.07) is 0.704. The smallest absolute Gasteiger partial charge is 0.0623 e. The Morgan fingerprint density at radius 2 is 1.88 bits per heavy atom. The van der Waals surface area contributed by atoms with E-state index in [1.165, 1.54) is 25.7 Å². The lowest BCUT2D eigenvalue weighted by Gasteiger charge is -2.39. The van der Waals surface area contributed by atoms with Crippen molar-refractivity contribution in [3.63, 3.8) is 0 Å². The molecule has 0 aromatic carbocycles. The number of nitrogens with one attached hydrogen (secondary N) is 1. The predicted octanol–water partition coefficient (Wildman–Crippen LogP) is 1.86. The second-order valence-electron chi connectivity index (χ2n) is 6.08. The zero-order chi connectivity index (χ0) is 12.9. The monoisotopic (exact) mass is 242 g/mol. The Labute approximate surface area is 107 Å². The van der Waals surface area contributed by atoms with Gasteiger partial charge in [-0.05, 0) is 52.1 Å². The molecule has 3 heteroatoms. The van der Waals surface area contributed by atoms with Crippen LogP contribution < -0.4 is 5.32 Å². The zero-order valence-electron chi connectivity index (χ0n) is 12.0.